The quantitative estimate of drug-likeness (QED) is 0.787. The van der Waals surface area contributed by atoms with Gasteiger partial charge in [0.15, 0.2) is 0 Å². The molecule has 2 aromatic rings. The van der Waals surface area contributed by atoms with Crippen molar-refractivity contribution in [3.63, 3.8) is 0 Å². The Morgan fingerprint density at radius 3 is 2.52 bits per heavy atom. The Balaban J connectivity index is 1.73. The first-order valence-electron chi connectivity index (χ1n) is 8.44. The lowest BCUT2D eigenvalue weighted by Gasteiger charge is -2.25. The van der Waals surface area contributed by atoms with Gasteiger partial charge < -0.3 is 24.8 Å². The maximum atomic E-state index is 12.7. The number of carboxylic acids is 1. The van der Waals surface area contributed by atoms with E-state index >= 15 is 0 Å². The largest absolute Gasteiger partial charge is 0.550 e. The summed E-state index contributed by atoms with van der Waals surface area (Å²) < 4.78 is 5.12. The molecule has 7 nitrogen and oxygen atoms in total. The van der Waals surface area contributed by atoms with Crippen molar-refractivity contribution in [3.8, 4) is 5.75 Å². The second-order valence-electron chi connectivity index (χ2n) is 6.25. The summed E-state index contributed by atoms with van der Waals surface area (Å²) in [6.07, 6.45) is -0.551. The summed E-state index contributed by atoms with van der Waals surface area (Å²) in [5, 5.41) is 17.9. The van der Waals surface area contributed by atoms with E-state index in [1.54, 1.807) is 31.4 Å². The first kappa shape index (κ1) is 18.4. The smallest absolute Gasteiger partial charge is 0.268 e. The van der Waals surface area contributed by atoms with E-state index in [9.17, 15) is 14.7 Å². The van der Waals surface area contributed by atoms with Gasteiger partial charge in [0, 0.05) is 25.4 Å². The van der Waals surface area contributed by atoms with Gasteiger partial charge in [-0.25, -0.2) is 0 Å². The predicted octanol–water partition coefficient (Wildman–Crippen LogP) is 1.01. The number of nitrogens with one attached hydrogen (secondary N) is 1. The number of hydrogen-bond acceptors (Lipinski definition) is 6. The van der Waals surface area contributed by atoms with Crippen LogP contribution in [0.25, 0.3) is 0 Å². The van der Waals surface area contributed by atoms with Crippen LogP contribution < -0.4 is 15.2 Å². The average Bonchev–Trinajstić information content (AvgIpc) is 3.11. The van der Waals surface area contributed by atoms with E-state index in [2.05, 4.69) is 10.5 Å². The van der Waals surface area contributed by atoms with E-state index in [1.165, 1.54) is 0 Å². The molecular formula is C20H19N2O5-. The van der Waals surface area contributed by atoms with Crippen molar-refractivity contribution in [2.75, 3.05) is 7.11 Å². The Morgan fingerprint density at radius 1 is 1.19 bits per heavy atom. The van der Waals surface area contributed by atoms with Gasteiger partial charge in [-0.1, -0.05) is 35.5 Å². The second kappa shape index (κ2) is 7.90. The number of methoxy groups -OCH3 is 1. The minimum absolute atomic E-state index is 0.0356. The van der Waals surface area contributed by atoms with Crippen molar-refractivity contribution in [2.24, 2.45) is 5.16 Å². The lowest BCUT2D eigenvalue weighted by molar-refractivity contribution is -0.309. The molecule has 1 N–H and O–H groups in total. The number of hydrogen-bond donors (Lipinski definition) is 1. The molecule has 0 fully saturated rings. The van der Waals surface area contributed by atoms with Crippen LogP contribution in [-0.2, 0) is 21.0 Å². The molecule has 0 aromatic heterocycles. The molecule has 0 radical (unpaired) electrons. The minimum atomic E-state index is -1.62. The van der Waals surface area contributed by atoms with Crippen LogP contribution in [0.4, 0.5) is 0 Å². The van der Waals surface area contributed by atoms with Crippen LogP contribution in [0, 0.1) is 0 Å². The van der Waals surface area contributed by atoms with Crippen LogP contribution in [0.2, 0.25) is 0 Å². The van der Waals surface area contributed by atoms with E-state index in [1.807, 2.05) is 30.3 Å². The zero-order valence-electron chi connectivity index (χ0n) is 14.8. The molecule has 1 aliphatic heterocycles. The lowest BCUT2D eigenvalue weighted by Crippen LogP contribution is -2.50. The molecule has 1 amide bonds. The van der Waals surface area contributed by atoms with Gasteiger partial charge in [-0.15, -0.1) is 0 Å². The van der Waals surface area contributed by atoms with E-state index in [0.717, 1.165) is 11.1 Å². The third kappa shape index (κ3) is 4.25. The highest BCUT2D eigenvalue weighted by molar-refractivity contribution is 6.06. The van der Waals surface area contributed by atoms with Gasteiger partial charge in [-0.3, -0.25) is 4.79 Å². The molecule has 0 bridgehead atoms. The van der Waals surface area contributed by atoms with Gasteiger partial charge in [-0.05, 0) is 35.4 Å². The van der Waals surface area contributed by atoms with Crippen LogP contribution in [0.1, 0.15) is 24.0 Å². The van der Waals surface area contributed by atoms with Crippen molar-refractivity contribution in [2.45, 2.75) is 25.0 Å². The molecule has 27 heavy (non-hydrogen) atoms. The summed E-state index contributed by atoms with van der Waals surface area (Å²) >= 11 is 0. The number of carbonyl (C=O) groups is 2. The van der Waals surface area contributed by atoms with E-state index in [-0.39, 0.29) is 13.0 Å². The molecule has 2 aromatic carbocycles. The molecule has 0 spiro atoms. The molecular weight excluding hydrogens is 348 g/mol. The van der Waals surface area contributed by atoms with Crippen molar-refractivity contribution >= 4 is 17.6 Å². The standard InChI is InChI=1S/C20H20N2O5/c1-26-16-9-7-15(8-10-16)17-11-20(27-22-17,12-18(23)24)19(25)21-13-14-5-3-2-4-6-14/h2-10H,11-13H2,1H3,(H,21,25)(H,23,24)/p-1/t20-/m0/s1. The monoisotopic (exact) mass is 367 g/mol. The maximum absolute atomic E-state index is 12.7. The molecule has 1 heterocycles. The normalized spacial score (nSPS) is 18.3. The summed E-state index contributed by atoms with van der Waals surface area (Å²) in [5.41, 5.74) is 0.493. The SMILES string of the molecule is COc1ccc(C2=NO[C@@](CC(=O)[O-])(C(=O)NCc3ccccc3)C2)cc1. The Hall–Kier alpha value is -3.35. The van der Waals surface area contributed by atoms with Crippen LogP contribution in [0.5, 0.6) is 5.75 Å². The molecule has 1 aliphatic rings. The summed E-state index contributed by atoms with van der Waals surface area (Å²) in [6, 6.07) is 16.4. The summed E-state index contributed by atoms with van der Waals surface area (Å²) in [4.78, 5) is 29.3. The highest BCUT2D eigenvalue weighted by Gasteiger charge is 2.46. The van der Waals surface area contributed by atoms with Crippen LogP contribution in [0.3, 0.4) is 0 Å². The minimum Gasteiger partial charge on any atom is -0.550 e. The fourth-order valence-corrected chi connectivity index (χ4v) is 2.88. The third-order valence-electron chi connectivity index (χ3n) is 4.35. The number of oxime groups is 1. The van der Waals surface area contributed by atoms with Crippen LogP contribution in [-0.4, -0.2) is 30.3 Å². The van der Waals surface area contributed by atoms with Gasteiger partial charge in [0.2, 0.25) is 5.60 Å². The van der Waals surface area contributed by atoms with Crippen molar-refractivity contribution in [1.82, 2.24) is 5.32 Å². The molecule has 0 saturated heterocycles. The first-order chi connectivity index (χ1) is 13.0. The predicted molar refractivity (Wildman–Crippen MR) is 95.9 cm³/mol. The number of nitrogens with zero attached hydrogens (tertiary/aromatic N) is 1. The topological polar surface area (TPSA) is 100 Å². The zero-order chi connectivity index (χ0) is 19.3. The van der Waals surface area contributed by atoms with Gasteiger partial charge in [0.05, 0.1) is 12.8 Å². The molecule has 1 atom stereocenters. The number of carbonyl (C=O) groups excluding carboxylic acids is 2. The second-order valence-corrected chi connectivity index (χ2v) is 6.25. The Morgan fingerprint density at radius 2 is 1.89 bits per heavy atom. The van der Waals surface area contributed by atoms with Gasteiger partial charge in [0.25, 0.3) is 5.91 Å². The van der Waals surface area contributed by atoms with E-state index < -0.39 is 23.9 Å². The average molecular weight is 367 g/mol. The highest BCUT2D eigenvalue weighted by Crippen LogP contribution is 2.31. The van der Waals surface area contributed by atoms with E-state index in [4.69, 9.17) is 9.57 Å². The summed E-state index contributed by atoms with van der Waals surface area (Å²) in [5.74, 6) is -1.24. The molecule has 140 valence electrons. The van der Waals surface area contributed by atoms with Crippen molar-refractivity contribution < 1.29 is 24.3 Å². The number of benzene rings is 2. The number of carboxylic acid groups (broad SMARTS) is 1. The van der Waals surface area contributed by atoms with Gasteiger partial charge >= 0.3 is 0 Å². The molecule has 0 aliphatic carbocycles. The Bertz CT molecular complexity index is 848. The fourth-order valence-electron chi connectivity index (χ4n) is 2.88. The number of amides is 1. The van der Waals surface area contributed by atoms with Gasteiger partial charge in [-0.2, -0.15) is 0 Å². The third-order valence-corrected chi connectivity index (χ3v) is 4.35. The van der Waals surface area contributed by atoms with Crippen molar-refractivity contribution in [3.05, 3.63) is 65.7 Å². The Labute approximate surface area is 156 Å². The molecule has 7 heteroatoms. The molecule has 3 rings (SSSR count). The zero-order valence-corrected chi connectivity index (χ0v) is 14.8. The fraction of sp³-hybridized carbons (Fsp3) is 0.250. The summed E-state index contributed by atoms with van der Waals surface area (Å²) in [6.45, 7) is 0.260. The molecule has 0 unspecified atom stereocenters. The first-order valence-corrected chi connectivity index (χ1v) is 8.44. The van der Waals surface area contributed by atoms with E-state index in [0.29, 0.717) is 11.5 Å². The highest BCUT2D eigenvalue weighted by atomic mass is 16.7. The van der Waals surface area contributed by atoms with Crippen LogP contribution >= 0.6 is 0 Å². The molecule has 0 saturated carbocycles. The van der Waals surface area contributed by atoms with Crippen molar-refractivity contribution in [1.29, 1.82) is 0 Å². The van der Waals surface area contributed by atoms with Gasteiger partial charge in [0.1, 0.15) is 5.75 Å². The maximum Gasteiger partial charge on any atom is 0.268 e. The number of aliphatic carboxylic acids is 1. The number of rotatable bonds is 7. The Kier molecular flexibility index (Phi) is 5.40. The lowest BCUT2D eigenvalue weighted by atomic mass is 9.90. The van der Waals surface area contributed by atoms with Crippen LogP contribution in [0.15, 0.2) is 59.8 Å². The number of ether oxygens (including phenoxy) is 1. The summed E-state index contributed by atoms with van der Waals surface area (Å²) in [7, 11) is 1.56.